The molecule has 0 radical (unpaired) electrons. The van der Waals surface area contributed by atoms with Gasteiger partial charge in [-0.3, -0.25) is 4.79 Å². The predicted molar refractivity (Wildman–Crippen MR) is 116 cm³/mol. The molecule has 3 rings (SSSR count). The van der Waals surface area contributed by atoms with Gasteiger partial charge in [0.1, 0.15) is 5.75 Å². The van der Waals surface area contributed by atoms with Gasteiger partial charge in [0.2, 0.25) is 5.91 Å². The average molecular weight is 437 g/mol. The quantitative estimate of drug-likeness (QED) is 0.504. The maximum atomic E-state index is 12.4. The Morgan fingerprint density at radius 3 is 2.82 bits per heavy atom. The molecule has 3 aromatic rings. The third-order valence-electron chi connectivity index (χ3n) is 4.06. The van der Waals surface area contributed by atoms with E-state index in [4.69, 9.17) is 16.3 Å². The van der Waals surface area contributed by atoms with Crippen LogP contribution in [0, 0.1) is 0 Å². The van der Waals surface area contributed by atoms with Gasteiger partial charge in [0.15, 0.2) is 11.0 Å². The molecule has 148 valence electrons. The van der Waals surface area contributed by atoms with E-state index in [-0.39, 0.29) is 11.7 Å². The molecule has 28 heavy (non-hydrogen) atoms. The van der Waals surface area contributed by atoms with Crippen molar-refractivity contribution in [3.63, 3.8) is 0 Å². The fourth-order valence-electron chi connectivity index (χ4n) is 2.67. The average Bonchev–Trinajstić information content (AvgIpc) is 3.32. The predicted octanol–water partition coefficient (Wildman–Crippen LogP) is 4.98. The molecule has 0 saturated carbocycles. The highest BCUT2D eigenvalue weighted by molar-refractivity contribution is 7.99. The van der Waals surface area contributed by atoms with Crippen LogP contribution >= 0.6 is 34.7 Å². The minimum atomic E-state index is -0.165. The monoisotopic (exact) mass is 436 g/mol. The van der Waals surface area contributed by atoms with Crippen molar-refractivity contribution in [2.75, 3.05) is 18.2 Å². The van der Waals surface area contributed by atoms with E-state index < -0.39 is 0 Å². The molecule has 0 fully saturated rings. The van der Waals surface area contributed by atoms with E-state index in [0.717, 1.165) is 29.5 Å². The molecule has 9 heteroatoms. The summed E-state index contributed by atoms with van der Waals surface area (Å²) in [5, 5.41) is 14.8. The van der Waals surface area contributed by atoms with E-state index in [1.54, 1.807) is 36.6 Å². The largest absolute Gasteiger partial charge is 0.495 e. The summed E-state index contributed by atoms with van der Waals surface area (Å²) in [7, 11) is 1.55. The zero-order valence-corrected chi connectivity index (χ0v) is 18.2. The Labute approximate surface area is 177 Å². The Morgan fingerprint density at radius 1 is 1.32 bits per heavy atom. The van der Waals surface area contributed by atoms with E-state index in [1.165, 1.54) is 16.6 Å². The lowest BCUT2D eigenvalue weighted by Gasteiger charge is -2.10. The van der Waals surface area contributed by atoms with Gasteiger partial charge in [-0.25, -0.2) is 0 Å². The molecule has 2 aromatic heterocycles. The molecular formula is C19H21ClN4O2S2. The Hall–Kier alpha value is -2.03. The number of hydrogen-bond acceptors (Lipinski definition) is 6. The summed E-state index contributed by atoms with van der Waals surface area (Å²) in [6.45, 7) is 4.90. The molecule has 0 atom stereocenters. The first-order chi connectivity index (χ1) is 13.5. The van der Waals surface area contributed by atoms with Gasteiger partial charge in [0, 0.05) is 27.4 Å². The second kappa shape index (κ2) is 9.45. The van der Waals surface area contributed by atoms with Crippen molar-refractivity contribution >= 4 is 46.3 Å². The van der Waals surface area contributed by atoms with Crippen molar-refractivity contribution in [3.05, 3.63) is 39.5 Å². The maximum Gasteiger partial charge on any atom is 0.234 e. The number of anilines is 1. The molecular weight excluding hydrogens is 416 g/mol. The Bertz CT molecular complexity index is 971. The summed E-state index contributed by atoms with van der Waals surface area (Å²) in [4.78, 5) is 13.7. The fraction of sp³-hybridized carbons (Fsp3) is 0.316. The highest BCUT2D eigenvalue weighted by Gasteiger charge is 2.16. The summed E-state index contributed by atoms with van der Waals surface area (Å²) in [6.07, 6.45) is 1.000. The number of thiophene rings is 1. The number of carbonyl (C=O) groups excluding carboxylic acids is 1. The first kappa shape index (κ1) is 20.7. The molecule has 0 saturated heterocycles. The summed E-state index contributed by atoms with van der Waals surface area (Å²) in [5.41, 5.74) is 1.61. The number of methoxy groups -OCH3 is 1. The van der Waals surface area contributed by atoms with Crippen molar-refractivity contribution < 1.29 is 9.53 Å². The van der Waals surface area contributed by atoms with Crippen LogP contribution in [0.2, 0.25) is 5.02 Å². The molecule has 0 aliphatic rings. The number of benzene rings is 1. The van der Waals surface area contributed by atoms with Crippen molar-refractivity contribution in [1.29, 1.82) is 0 Å². The van der Waals surface area contributed by atoms with E-state index in [1.807, 2.05) is 11.5 Å². The lowest BCUT2D eigenvalue weighted by atomic mass is 10.2. The van der Waals surface area contributed by atoms with Gasteiger partial charge in [0.05, 0.1) is 18.6 Å². The molecule has 0 spiro atoms. The molecule has 1 amide bonds. The van der Waals surface area contributed by atoms with Gasteiger partial charge >= 0.3 is 0 Å². The van der Waals surface area contributed by atoms with Crippen LogP contribution in [0.25, 0.3) is 11.4 Å². The highest BCUT2D eigenvalue weighted by atomic mass is 35.5. The number of carbonyl (C=O) groups is 1. The van der Waals surface area contributed by atoms with Gasteiger partial charge in [-0.15, -0.1) is 21.5 Å². The van der Waals surface area contributed by atoms with Gasteiger partial charge in [-0.1, -0.05) is 30.3 Å². The summed E-state index contributed by atoms with van der Waals surface area (Å²) < 4.78 is 7.29. The molecule has 2 heterocycles. The zero-order valence-electron chi connectivity index (χ0n) is 15.9. The van der Waals surface area contributed by atoms with Crippen LogP contribution in [0.3, 0.4) is 0 Å². The van der Waals surface area contributed by atoms with Gasteiger partial charge in [-0.2, -0.15) is 0 Å². The number of rotatable bonds is 8. The Balaban J connectivity index is 1.69. The van der Waals surface area contributed by atoms with Crippen LogP contribution in [-0.2, 0) is 17.8 Å². The summed E-state index contributed by atoms with van der Waals surface area (Å²) in [5.74, 6) is 1.43. The van der Waals surface area contributed by atoms with Crippen molar-refractivity contribution in [1.82, 2.24) is 14.8 Å². The minimum absolute atomic E-state index is 0.165. The van der Waals surface area contributed by atoms with Crippen molar-refractivity contribution in [2.24, 2.45) is 0 Å². The standard InChI is InChI=1S/C19H21ClN4O2S2/c1-4-14-8-12(10-27-14)18-22-23-19(24(18)5-2)28-11-17(25)21-15-9-13(20)6-7-16(15)26-3/h6-10H,4-5,11H2,1-3H3,(H,21,25). The number of halogens is 1. The lowest BCUT2D eigenvalue weighted by molar-refractivity contribution is -0.113. The number of nitrogens with zero attached hydrogens (tertiary/aromatic N) is 3. The van der Waals surface area contributed by atoms with Gasteiger partial charge < -0.3 is 14.6 Å². The van der Waals surface area contributed by atoms with E-state index in [9.17, 15) is 4.79 Å². The summed E-state index contributed by atoms with van der Waals surface area (Å²) in [6, 6.07) is 7.24. The zero-order chi connectivity index (χ0) is 20.1. The molecule has 0 unspecified atom stereocenters. The van der Waals surface area contributed by atoms with Gasteiger partial charge in [-0.05, 0) is 37.6 Å². The molecule has 0 bridgehead atoms. The molecule has 0 aliphatic carbocycles. The lowest BCUT2D eigenvalue weighted by Crippen LogP contribution is -2.15. The van der Waals surface area contributed by atoms with E-state index in [0.29, 0.717) is 16.5 Å². The normalized spacial score (nSPS) is 10.9. The number of hydrogen-bond donors (Lipinski definition) is 1. The first-order valence-corrected chi connectivity index (χ1v) is 11.1. The van der Waals surface area contributed by atoms with E-state index in [2.05, 4.69) is 33.9 Å². The second-order valence-corrected chi connectivity index (χ2v) is 8.26. The number of aryl methyl sites for hydroxylation is 1. The van der Waals surface area contributed by atoms with Crippen molar-refractivity contribution in [3.8, 4) is 17.1 Å². The third-order valence-corrected chi connectivity index (χ3v) is 6.34. The van der Waals surface area contributed by atoms with Crippen LogP contribution in [0.15, 0.2) is 34.8 Å². The second-order valence-electron chi connectivity index (χ2n) is 5.89. The SMILES string of the molecule is CCc1cc(-c2nnc(SCC(=O)Nc3cc(Cl)ccc3OC)n2CC)cs1. The number of nitrogens with one attached hydrogen (secondary N) is 1. The molecule has 1 N–H and O–H groups in total. The molecule has 1 aromatic carbocycles. The number of amides is 1. The number of ether oxygens (including phenoxy) is 1. The molecule has 0 aliphatic heterocycles. The topological polar surface area (TPSA) is 69.0 Å². The van der Waals surface area contributed by atoms with Crippen LogP contribution in [0.4, 0.5) is 5.69 Å². The van der Waals surface area contributed by atoms with Crippen LogP contribution in [0.5, 0.6) is 5.75 Å². The summed E-state index contributed by atoms with van der Waals surface area (Å²) >= 11 is 9.08. The minimum Gasteiger partial charge on any atom is -0.495 e. The van der Waals surface area contributed by atoms with Crippen LogP contribution in [0.1, 0.15) is 18.7 Å². The molecule has 6 nitrogen and oxygen atoms in total. The smallest absolute Gasteiger partial charge is 0.234 e. The Morgan fingerprint density at radius 2 is 2.14 bits per heavy atom. The van der Waals surface area contributed by atoms with Crippen LogP contribution < -0.4 is 10.1 Å². The van der Waals surface area contributed by atoms with Crippen molar-refractivity contribution in [2.45, 2.75) is 32.0 Å². The Kier molecular flexibility index (Phi) is 6.98. The van der Waals surface area contributed by atoms with Gasteiger partial charge in [0.25, 0.3) is 0 Å². The third kappa shape index (κ3) is 4.68. The number of aromatic nitrogens is 3. The number of thioether (sulfide) groups is 1. The highest BCUT2D eigenvalue weighted by Crippen LogP contribution is 2.30. The van der Waals surface area contributed by atoms with Crippen LogP contribution in [-0.4, -0.2) is 33.5 Å². The first-order valence-electron chi connectivity index (χ1n) is 8.82. The maximum absolute atomic E-state index is 12.4. The fourth-order valence-corrected chi connectivity index (χ4v) is 4.46. The van der Waals surface area contributed by atoms with E-state index >= 15 is 0 Å².